The smallest absolute Gasteiger partial charge is 0.407 e. The zero-order valence-corrected chi connectivity index (χ0v) is 11.9. The summed E-state index contributed by atoms with van der Waals surface area (Å²) in [5, 5.41) is 5.13. The van der Waals surface area contributed by atoms with Crippen molar-refractivity contribution in [2.24, 2.45) is 11.8 Å². The maximum atomic E-state index is 12.2. The highest BCUT2D eigenvalue weighted by Crippen LogP contribution is 2.34. The fourth-order valence-corrected chi connectivity index (χ4v) is 3.00. The summed E-state index contributed by atoms with van der Waals surface area (Å²) in [4.78, 5) is 48.2. The highest BCUT2D eigenvalue weighted by atomic mass is 16.6. The Hall–Kier alpha value is -2.38. The van der Waals surface area contributed by atoms with Crippen molar-refractivity contribution < 1.29 is 23.9 Å². The topological polar surface area (TPSA) is 105 Å². The number of cyclic esters (lactones) is 1. The van der Waals surface area contributed by atoms with Gasteiger partial charge in [0.25, 0.3) is 0 Å². The fourth-order valence-electron chi connectivity index (χ4n) is 3.00. The van der Waals surface area contributed by atoms with Crippen LogP contribution in [0.15, 0.2) is 12.2 Å². The quantitative estimate of drug-likeness (QED) is 0.520. The third kappa shape index (κ3) is 2.68. The molecule has 0 aromatic carbocycles. The summed E-state index contributed by atoms with van der Waals surface area (Å²) < 4.78 is 4.70. The van der Waals surface area contributed by atoms with Crippen LogP contribution in [-0.2, 0) is 19.1 Å². The van der Waals surface area contributed by atoms with Crippen LogP contribution < -0.4 is 10.6 Å². The summed E-state index contributed by atoms with van der Waals surface area (Å²) >= 11 is 0. The van der Waals surface area contributed by atoms with E-state index in [1.54, 1.807) is 0 Å². The first-order valence-electron chi connectivity index (χ1n) is 7.26. The van der Waals surface area contributed by atoms with Crippen LogP contribution in [0.2, 0.25) is 0 Å². The van der Waals surface area contributed by atoms with Crippen LogP contribution in [-0.4, -0.2) is 54.5 Å². The number of fused-ring (bicyclic) bond motifs is 1. The first-order chi connectivity index (χ1) is 10.6. The van der Waals surface area contributed by atoms with Crippen molar-refractivity contribution in [3.63, 3.8) is 0 Å². The number of hydrogen-bond acceptors (Lipinski definition) is 5. The van der Waals surface area contributed by atoms with Crippen LogP contribution in [0.1, 0.15) is 12.8 Å². The molecular weight excluding hydrogens is 290 g/mol. The van der Waals surface area contributed by atoms with Crippen molar-refractivity contribution in [2.75, 3.05) is 19.7 Å². The molecule has 2 fully saturated rings. The summed E-state index contributed by atoms with van der Waals surface area (Å²) in [6.45, 7) is 0.123. The Bertz CT molecular complexity index is 533. The number of carbonyl (C=O) groups excluding carboxylic acids is 4. The van der Waals surface area contributed by atoms with E-state index in [4.69, 9.17) is 4.74 Å². The lowest BCUT2D eigenvalue weighted by Gasteiger charge is -2.15. The third-order valence-corrected chi connectivity index (χ3v) is 4.18. The van der Waals surface area contributed by atoms with E-state index in [9.17, 15) is 19.2 Å². The average molecular weight is 307 g/mol. The molecule has 0 saturated carbocycles. The molecule has 2 saturated heterocycles. The van der Waals surface area contributed by atoms with Gasteiger partial charge in [0, 0.05) is 6.54 Å². The lowest BCUT2D eigenvalue weighted by atomic mass is 9.85. The molecule has 3 aliphatic rings. The van der Waals surface area contributed by atoms with E-state index < -0.39 is 12.0 Å². The number of carbonyl (C=O) groups is 4. The van der Waals surface area contributed by atoms with Gasteiger partial charge in [-0.3, -0.25) is 19.3 Å². The minimum atomic E-state index is -0.513. The molecule has 0 aromatic heterocycles. The number of alkyl carbamates (subject to hydrolysis) is 1. The maximum Gasteiger partial charge on any atom is 0.407 e. The van der Waals surface area contributed by atoms with E-state index in [1.165, 1.54) is 0 Å². The highest BCUT2D eigenvalue weighted by molar-refractivity contribution is 6.07. The number of nitrogens with one attached hydrogen (secondary N) is 2. The summed E-state index contributed by atoms with van der Waals surface area (Å²) in [5.74, 6) is -1.62. The predicted molar refractivity (Wildman–Crippen MR) is 73.4 cm³/mol. The van der Waals surface area contributed by atoms with Crippen molar-refractivity contribution in [3.05, 3.63) is 12.2 Å². The number of amides is 4. The van der Waals surface area contributed by atoms with Gasteiger partial charge >= 0.3 is 6.09 Å². The molecule has 2 N–H and O–H groups in total. The molecule has 0 aromatic rings. The van der Waals surface area contributed by atoms with Gasteiger partial charge in [-0.05, 0) is 12.8 Å². The summed E-state index contributed by atoms with van der Waals surface area (Å²) in [6.07, 6.45) is 4.40. The number of rotatable bonds is 4. The van der Waals surface area contributed by atoms with E-state index in [0.717, 1.165) is 4.90 Å². The molecule has 8 nitrogen and oxygen atoms in total. The number of imide groups is 1. The van der Waals surface area contributed by atoms with Gasteiger partial charge in [-0.2, -0.15) is 0 Å². The van der Waals surface area contributed by atoms with Gasteiger partial charge in [-0.1, -0.05) is 12.2 Å². The van der Waals surface area contributed by atoms with Gasteiger partial charge in [0.15, 0.2) is 0 Å². The Morgan fingerprint density at radius 1 is 1.23 bits per heavy atom. The molecule has 4 amide bonds. The number of allylic oxidation sites excluding steroid dienone is 2. The van der Waals surface area contributed by atoms with Gasteiger partial charge < -0.3 is 15.4 Å². The summed E-state index contributed by atoms with van der Waals surface area (Å²) in [7, 11) is 0. The molecule has 8 heteroatoms. The van der Waals surface area contributed by atoms with Crippen molar-refractivity contribution in [3.8, 4) is 0 Å². The molecule has 22 heavy (non-hydrogen) atoms. The van der Waals surface area contributed by atoms with Crippen molar-refractivity contribution in [1.82, 2.24) is 15.5 Å². The normalized spacial score (nSPS) is 30.1. The minimum Gasteiger partial charge on any atom is -0.447 e. The Balaban J connectivity index is 1.52. The first-order valence-corrected chi connectivity index (χ1v) is 7.26. The predicted octanol–water partition coefficient (Wildman–Crippen LogP) is -0.838. The van der Waals surface area contributed by atoms with Gasteiger partial charge in [0.05, 0.1) is 17.9 Å². The second-order valence-corrected chi connectivity index (χ2v) is 5.66. The monoisotopic (exact) mass is 307 g/mol. The van der Waals surface area contributed by atoms with Crippen molar-refractivity contribution in [1.29, 1.82) is 0 Å². The molecule has 2 heterocycles. The SMILES string of the molecule is O=C(CN1C(=O)C2CC=CCC2C1=O)NCC1COC(=O)N1. The number of hydrogen-bond donors (Lipinski definition) is 2. The van der Waals surface area contributed by atoms with Gasteiger partial charge in [-0.25, -0.2) is 4.79 Å². The molecule has 118 valence electrons. The Kier molecular flexibility index (Phi) is 3.82. The summed E-state index contributed by atoms with van der Waals surface area (Å²) in [5.41, 5.74) is 0. The van der Waals surface area contributed by atoms with Crippen LogP contribution in [0.25, 0.3) is 0 Å². The average Bonchev–Trinajstić information content (AvgIpc) is 3.03. The second kappa shape index (κ2) is 5.78. The van der Waals surface area contributed by atoms with Crippen molar-refractivity contribution >= 4 is 23.8 Å². The first kappa shape index (κ1) is 14.6. The maximum absolute atomic E-state index is 12.2. The molecular formula is C14H17N3O5. The molecule has 3 atom stereocenters. The van der Waals surface area contributed by atoms with E-state index in [2.05, 4.69) is 10.6 Å². The van der Waals surface area contributed by atoms with Crippen LogP contribution in [0.3, 0.4) is 0 Å². The van der Waals surface area contributed by atoms with Crippen molar-refractivity contribution in [2.45, 2.75) is 18.9 Å². The Morgan fingerprint density at radius 2 is 1.86 bits per heavy atom. The Labute approximate surface area is 126 Å². The number of likely N-dealkylation sites (tertiary alicyclic amines) is 1. The molecule has 0 radical (unpaired) electrons. The van der Waals surface area contributed by atoms with Gasteiger partial charge in [0.1, 0.15) is 13.2 Å². The highest BCUT2D eigenvalue weighted by Gasteiger charge is 2.47. The third-order valence-electron chi connectivity index (χ3n) is 4.18. The van der Waals surface area contributed by atoms with Crippen LogP contribution in [0.4, 0.5) is 4.79 Å². The van der Waals surface area contributed by atoms with E-state index in [0.29, 0.717) is 12.8 Å². The van der Waals surface area contributed by atoms with Crippen LogP contribution >= 0.6 is 0 Å². The Morgan fingerprint density at radius 3 is 2.41 bits per heavy atom. The summed E-state index contributed by atoms with van der Waals surface area (Å²) in [6, 6.07) is -0.284. The van der Waals surface area contributed by atoms with Gasteiger partial charge in [-0.15, -0.1) is 0 Å². The molecule has 0 bridgehead atoms. The van der Waals surface area contributed by atoms with Gasteiger partial charge in [0.2, 0.25) is 17.7 Å². The molecule has 3 unspecified atom stereocenters. The fraction of sp³-hybridized carbons (Fsp3) is 0.571. The molecule has 1 aliphatic carbocycles. The molecule has 3 rings (SSSR count). The zero-order valence-electron chi connectivity index (χ0n) is 11.9. The zero-order chi connectivity index (χ0) is 15.7. The molecule has 2 aliphatic heterocycles. The van der Waals surface area contributed by atoms with E-state index in [1.807, 2.05) is 12.2 Å². The molecule has 0 spiro atoms. The number of nitrogens with zero attached hydrogens (tertiary/aromatic N) is 1. The lowest BCUT2D eigenvalue weighted by Crippen LogP contribution is -2.45. The van der Waals surface area contributed by atoms with Crippen LogP contribution in [0, 0.1) is 11.8 Å². The second-order valence-electron chi connectivity index (χ2n) is 5.66. The van der Waals surface area contributed by atoms with E-state index >= 15 is 0 Å². The standard InChI is InChI=1S/C14H17N3O5/c18-11(15-5-8-7-22-14(21)16-8)6-17-12(19)9-3-1-2-4-10(9)13(17)20/h1-2,8-10H,3-7H2,(H,15,18)(H,16,21). The minimum absolute atomic E-state index is 0.191. The largest absolute Gasteiger partial charge is 0.447 e. The lowest BCUT2D eigenvalue weighted by molar-refractivity contribution is -0.143. The number of ether oxygens (including phenoxy) is 1. The van der Waals surface area contributed by atoms with Crippen LogP contribution in [0.5, 0.6) is 0 Å². The van der Waals surface area contributed by atoms with E-state index in [-0.39, 0.29) is 49.4 Å².